The zero-order valence-corrected chi connectivity index (χ0v) is 10.2. The Balaban J connectivity index is 4.34. The van der Waals surface area contributed by atoms with E-state index in [0.29, 0.717) is 19.5 Å². The molecule has 0 aromatic heterocycles. The van der Waals surface area contributed by atoms with Crippen LogP contribution < -0.4 is 0 Å². The highest BCUT2D eigenvalue weighted by molar-refractivity contribution is 5.73. The SMILES string of the molecule is CCCN(CCC(=O)OC)C(CC)C(=O)O. The Bertz CT molecular complexity index is 230. The number of rotatable bonds is 8. The van der Waals surface area contributed by atoms with Crippen LogP contribution in [-0.2, 0) is 14.3 Å². The number of nitrogens with zero attached hydrogens (tertiary/aromatic N) is 1. The van der Waals surface area contributed by atoms with Crippen molar-refractivity contribution in [2.45, 2.75) is 39.2 Å². The number of ether oxygens (including phenoxy) is 1. The molecule has 0 bridgehead atoms. The van der Waals surface area contributed by atoms with Gasteiger partial charge in [-0.15, -0.1) is 0 Å². The number of hydrogen-bond donors (Lipinski definition) is 1. The van der Waals surface area contributed by atoms with Gasteiger partial charge in [0, 0.05) is 6.54 Å². The number of esters is 1. The molecule has 0 heterocycles. The van der Waals surface area contributed by atoms with Crippen LogP contribution in [0.2, 0.25) is 0 Å². The summed E-state index contributed by atoms with van der Waals surface area (Å²) < 4.78 is 4.54. The zero-order chi connectivity index (χ0) is 12.6. The molecule has 94 valence electrons. The summed E-state index contributed by atoms with van der Waals surface area (Å²) in [5.74, 6) is -1.14. The largest absolute Gasteiger partial charge is 0.480 e. The summed E-state index contributed by atoms with van der Waals surface area (Å²) in [6.45, 7) is 4.94. The maximum Gasteiger partial charge on any atom is 0.320 e. The van der Waals surface area contributed by atoms with Crippen LogP contribution in [0.4, 0.5) is 0 Å². The fraction of sp³-hybridized carbons (Fsp3) is 0.818. The second kappa shape index (κ2) is 8.10. The highest BCUT2D eigenvalue weighted by atomic mass is 16.5. The molecule has 5 nitrogen and oxygen atoms in total. The molecule has 0 saturated carbocycles. The Morgan fingerprint density at radius 1 is 1.31 bits per heavy atom. The van der Waals surface area contributed by atoms with Crippen LogP contribution in [0.25, 0.3) is 0 Å². The minimum atomic E-state index is -0.833. The standard InChI is InChI=1S/C11H21NO4/c1-4-7-12(8-6-10(13)16-3)9(5-2)11(14)15/h9H,4-8H2,1-3H3,(H,14,15). The summed E-state index contributed by atoms with van der Waals surface area (Å²) >= 11 is 0. The molecule has 0 amide bonds. The Kier molecular flexibility index (Phi) is 7.54. The highest BCUT2D eigenvalue weighted by Crippen LogP contribution is 2.07. The van der Waals surface area contributed by atoms with E-state index in [1.165, 1.54) is 7.11 Å². The van der Waals surface area contributed by atoms with Crippen molar-refractivity contribution in [2.75, 3.05) is 20.2 Å². The van der Waals surface area contributed by atoms with Gasteiger partial charge in [-0.3, -0.25) is 14.5 Å². The van der Waals surface area contributed by atoms with Crippen molar-refractivity contribution in [3.05, 3.63) is 0 Å². The van der Waals surface area contributed by atoms with E-state index in [9.17, 15) is 9.59 Å². The molecule has 0 radical (unpaired) electrons. The molecule has 16 heavy (non-hydrogen) atoms. The summed E-state index contributed by atoms with van der Waals surface area (Å²) in [6.07, 6.45) is 1.64. The molecule has 0 spiro atoms. The van der Waals surface area contributed by atoms with E-state index in [4.69, 9.17) is 5.11 Å². The van der Waals surface area contributed by atoms with E-state index in [0.717, 1.165) is 6.42 Å². The quantitative estimate of drug-likeness (QED) is 0.634. The molecule has 0 aromatic carbocycles. The van der Waals surface area contributed by atoms with Crippen LogP contribution >= 0.6 is 0 Å². The molecule has 0 saturated heterocycles. The fourth-order valence-electron chi connectivity index (χ4n) is 1.64. The van der Waals surface area contributed by atoms with E-state index < -0.39 is 12.0 Å². The van der Waals surface area contributed by atoms with Crippen LogP contribution in [0.5, 0.6) is 0 Å². The van der Waals surface area contributed by atoms with Gasteiger partial charge in [0.05, 0.1) is 13.5 Å². The van der Waals surface area contributed by atoms with E-state index >= 15 is 0 Å². The summed E-state index contributed by atoms with van der Waals surface area (Å²) in [5, 5.41) is 9.03. The van der Waals surface area contributed by atoms with Crippen LogP contribution in [0, 0.1) is 0 Å². The summed E-state index contributed by atoms with van der Waals surface area (Å²) in [6, 6.07) is -0.510. The molecule has 1 unspecified atom stereocenters. The van der Waals surface area contributed by atoms with Gasteiger partial charge in [0.1, 0.15) is 6.04 Å². The van der Waals surface area contributed by atoms with Crippen LogP contribution in [0.15, 0.2) is 0 Å². The second-order valence-electron chi connectivity index (χ2n) is 3.62. The lowest BCUT2D eigenvalue weighted by molar-refractivity contribution is -0.146. The van der Waals surface area contributed by atoms with Gasteiger partial charge in [0.2, 0.25) is 0 Å². The molecule has 0 aliphatic rings. The molecule has 0 aliphatic carbocycles. The summed E-state index contributed by atoms with van der Waals surface area (Å²) in [5.41, 5.74) is 0. The van der Waals surface area contributed by atoms with E-state index in [1.807, 2.05) is 18.7 Å². The van der Waals surface area contributed by atoms with E-state index in [-0.39, 0.29) is 12.4 Å². The molecule has 0 aromatic rings. The van der Waals surface area contributed by atoms with Crippen molar-refractivity contribution in [3.63, 3.8) is 0 Å². The smallest absolute Gasteiger partial charge is 0.320 e. The molecule has 0 fully saturated rings. The highest BCUT2D eigenvalue weighted by Gasteiger charge is 2.23. The lowest BCUT2D eigenvalue weighted by Gasteiger charge is -2.27. The van der Waals surface area contributed by atoms with Crippen LogP contribution in [-0.4, -0.2) is 48.2 Å². The van der Waals surface area contributed by atoms with Crippen molar-refractivity contribution in [2.24, 2.45) is 0 Å². The minimum absolute atomic E-state index is 0.236. The molecule has 1 atom stereocenters. The Morgan fingerprint density at radius 2 is 1.94 bits per heavy atom. The first-order valence-corrected chi connectivity index (χ1v) is 5.60. The van der Waals surface area contributed by atoms with Gasteiger partial charge in [-0.05, 0) is 19.4 Å². The second-order valence-corrected chi connectivity index (χ2v) is 3.62. The minimum Gasteiger partial charge on any atom is -0.480 e. The summed E-state index contributed by atoms with van der Waals surface area (Å²) in [7, 11) is 1.33. The van der Waals surface area contributed by atoms with Crippen LogP contribution in [0.3, 0.4) is 0 Å². The third-order valence-electron chi connectivity index (χ3n) is 2.45. The van der Waals surface area contributed by atoms with Crippen molar-refractivity contribution >= 4 is 11.9 Å². The van der Waals surface area contributed by atoms with Gasteiger partial charge in [0.25, 0.3) is 0 Å². The number of carboxylic acids is 1. The first-order chi connectivity index (χ1) is 7.56. The van der Waals surface area contributed by atoms with Crippen molar-refractivity contribution in [1.82, 2.24) is 4.90 Å². The van der Waals surface area contributed by atoms with Crippen molar-refractivity contribution < 1.29 is 19.4 Å². The topological polar surface area (TPSA) is 66.8 Å². The Hall–Kier alpha value is -1.10. The maximum absolute atomic E-state index is 11.0. The number of carbonyl (C=O) groups is 2. The predicted octanol–water partition coefficient (Wildman–Crippen LogP) is 1.12. The third-order valence-corrected chi connectivity index (χ3v) is 2.45. The molecule has 0 aliphatic heterocycles. The van der Waals surface area contributed by atoms with Crippen molar-refractivity contribution in [3.8, 4) is 0 Å². The summed E-state index contributed by atoms with van der Waals surface area (Å²) in [4.78, 5) is 23.8. The van der Waals surface area contributed by atoms with Gasteiger partial charge in [0.15, 0.2) is 0 Å². The van der Waals surface area contributed by atoms with Gasteiger partial charge in [-0.1, -0.05) is 13.8 Å². The monoisotopic (exact) mass is 231 g/mol. The number of hydrogen-bond acceptors (Lipinski definition) is 4. The molecular weight excluding hydrogens is 210 g/mol. The van der Waals surface area contributed by atoms with Crippen LogP contribution in [0.1, 0.15) is 33.1 Å². The average Bonchev–Trinajstić information content (AvgIpc) is 2.25. The average molecular weight is 231 g/mol. The number of carboxylic acid groups (broad SMARTS) is 1. The predicted molar refractivity (Wildman–Crippen MR) is 60.2 cm³/mol. The Labute approximate surface area is 96.4 Å². The lowest BCUT2D eigenvalue weighted by atomic mass is 10.1. The number of methoxy groups -OCH3 is 1. The normalized spacial score (nSPS) is 12.5. The van der Waals surface area contributed by atoms with E-state index in [1.54, 1.807) is 0 Å². The first kappa shape index (κ1) is 14.9. The van der Waals surface area contributed by atoms with Gasteiger partial charge >= 0.3 is 11.9 Å². The molecular formula is C11H21NO4. The number of aliphatic carboxylic acids is 1. The fourth-order valence-corrected chi connectivity index (χ4v) is 1.64. The Morgan fingerprint density at radius 3 is 2.31 bits per heavy atom. The molecule has 1 N–H and O–H groups in total. The first-order valence-electron chi connectivity index (χ1n) is 5.60. The van der Waals surface area contributed by atoms with Gasteiger partial charge < -0.3 is 9.84 Å². The van der Waals surface area contributed by atoms with Gasteiger partial charge in [-0.2, -0.15) is 0 Å². The van der Waals surface area contributed by atoms with E-state index in [2.05, 4.69) is 4.74 Å². The molecule has 0 rings (SSSR count). The van der Waals surface area contributed by atoms with Crippen molar-refractivity contribution in [1.29, 1.82) is 0 Å². The lowest BCUT2D eigenvalue weighted by Crippen LogP contribution is -2.42. The number of carbonyl (C=O) groups excluding carboxylic acids is 1. The maximum atomic E-state index is 11.0. The van der Waals surface area contributed by atoms with Gasteiger partial charge in [-0.25, -0.2) is 0 Å². The molecule has 5 heteroatoms. The third kappa shape index (κ3) is 5.11. The zero-order valence-electron chi connectivity index (χ0n) is 10.2.